The molecule has 0 saturated carbocycles. The van der Waals surface area contributed by atoms with E-state index in [1.165, 1.54) is 4.57 Å². The Morgan fingerprint density at radius 3 is 3.00 bits per heavy atom. The molecule has 5 N–H and O–H groups in total. The van der Waals surface area contributed by atoms with Gasteiger partial charge in [0, 0.05) is 6.07 Å². The van der Waals surface area contributed by atoms with Crippen LogP contribution in [0.3, 0.4) is 0 Å². The Morgan fingerprint density at radius 1 is 1.60 bits per heavy atom. The van der Waals surface area contributed by atoms with Crippen LogP contribution in [0.2, 0.25) is 0 Å². The second-order valence-electron chi connectivity index (χ2n) is 4.43. The van der Waals surface area contributed by atoms with Gasteiger partial charge in [0.15, 0.2) is 12.3 Å². The van der Waals surface area contributed by atoms with Crippen LogP contribution in [-0.4, -0.2) is 50.6 Å². The maximum Gasteiger partial charge on any atom is 0.303 e. The standard InChI is InChI=1S/C10H12N4O6/c11-13-8(18)3-1-5(16)12-10-14(3)9-7(20-10)6(17)4(2-15)19-9/h1,4,6-7,9,15,17H,2,11H2,(H,13,18)/t4-,6-,7+,9-/m1/s1. The monoisotopic (exact) mass is 284 g/mol. The Kier molecular flexibility index (Phi) is 2.94. The summed E-state index contributed by atoms with van der Waals surface area (Å²) in [6.45, 7) is -0.404. The number of nitrogens with zero attached hydrogens (tertiary/aromatic N) is 2. The zero-order chi connectivity index (χ0) is 14.4. The lowest BCUT2D eigenvalue weighted by molar-refractivity contribution is -0.0439. The Morgan fingerprint density at radius 2 is 2.35 bits per heavy atom. The Hall–Kier alpha value is -2.01. The van der Waals surface area contributed by atoms with E-state index < -0.39 is 42.6 Å². The van der Waals surface area contributed by atoms with Crippen molar-refractivity contribution in [1.82, 2.24) is 15.0 Å². The molecular formula is C10H12N4O6. The number of aromatic nitrogens is 2. The van der Waals surface area contributed by atoms with Crippen LogP contribution in [0.5, 0.6) is 6.01 Å². The van der Waals surface area contributed by atoms with Crippen molar-refractivity contribution in [3.63, 3.8) is 0 Å². The summed E-state index contributed by atoms with van der Waals surface area (Å²) in [5.41, 5.74) is 1.13. The lowest BCUT2D eigenvalue weighted by Crippen LogP contribution is -2.35. The van der Waals surface area contributed by atoms with Gasteiger partial charge in [-0.2, -0.15) is 4.98 Å². The van der Waals surface area contributed by atoms with Crippen molar-refractivity contribution in [1.29, 1.82) is 0 Å². The number of ether oxygens (including phenoxy) is 2. The molecule has 0 aliphatic carbocycles. The molecule has 1 fully saturated rings. The number of amides is 1. The minimum atomic E-state index is -1.10. The summed E-state index contributed by atoms with van der Waals surface area (Å²) in [4.78, 5) is 26.7. The van der Waals surface area contributed by atoms with Crippen molar-refractivity contribution < 1.29 is 24.5 Å². The average molecular weight is 284 g/mol. The van der Waals surface area contributed by atoms with Gasteiger partial charge in [0.2, 0.25) is 0 Å². The predicted octanol–water partition coefficient (Wildman–Crippen LogP) is -3.14. The number of fused-ring (bicyclic) bond motifs is 3. The molecule has 0 aromatic carbocycles. The molecule has 4 atom stereocenters. The molecule has 20 heavy (non-hydrogen) atoms. The number of nitrogens with one attached hydrogen (secondary N) is 1. The van der Waals surface area contributed by atoms with Gasteiger partial charge in [-0.3, -0.25) is 19.6 Å². The number of nitrogen functional groups attached to an aromatic ring is 1. The lowest BCUT2D eigenvalue weighted by atomic mass is 10.1. The largest absolute Gasteiger partial charge is 0.453 e. The number of aliphatic hydroxyl groups excluding tert-OH is 2. The number of rotatable bonds is 2. The van der Waals surface area contributed by atoms with E-state index >= 15 is 0 Å². The fourth-order valence-electron chi connectivity index (χ4n) is 2.37. The van der Waals surface area contributed by atoms with E-state index in [0.717, 1.165) is 6.07 Å². The van der Waals surface area contributed by atoms with Crippen molar-refractivity contribution in [3.05, 3.63) is 22.1 Å². The summed E-state index contributed by atoms with van der Waals surface area (Å²) in [6, 6.07) is 0.848. The molecule has 108 valence electrons. The molecule has 10 heteroatoms. The van der Waals surface area contributed by atoms with Gasteiger partial charge >= 0.3 is 6.01 Å². The average Bonchev–Trinajstić information content (AvgIpc) is 2.93. The first-order valence-corrected chi connectivity index (χ1v) is 5.82. The van der Waals surface area contributed by atoms with Gasteiger partial charge in [0.25, 0.3) is 11.5 Å². The first-order valence-electron chi connectivity index (χ1n) is 5.82. The van der Waals surface area contributed by atoms with Gasteiger partial charge in [-0.25, -0.2) is 5.84 Å². The zero-order valence-corrected chi connectivity index (χ0v) is 10.1. The number of hydrogen-bond donors (Lipinski definition) is 4. The van der Waals surface area contributed by atoms with Crippen molar-refractivity contribution in [2.24, 2.45) is 5.84 Å². The maximum absolute atomic E-state index is 11.7. The van der Waals surface area contributed by atoms with Crippen molar-refractivity contribution in [2.75, 3.05) is 6.61 Å². The summed E-state index contributed by atoms with van der Waals surface area (Å²) < 4.78 is 12.0. The van der Waals surface area contributed by atoms with E-state index in [-0.39, 0.29) is 11.7 Å². The molecule has 0 unspecified atom stereocenters. The second-order valence-corrected chi connectivity index (χ2v) is 4.43. The molecule has 1 aromatic rings. The number of carbonyl (C=O) groups excluding carboxylic acids is 1. The number of carbonyl (C=O) groups is 1. The van der Waals surface area contributed by atoms with E-state index in [0.29, 0.717) is 0 Å². The zero-order valence-electron chi connectivity index (χ0n) is 10.1. The molecule has 0 spiro atoms. The highest BCUT2D eigenvalue weighted by Gasteiger charge is 2.52. The van der Waals surface area contributed by atoms with E-state index in [2.05, 4.69) is 4.98 Å². The summed E-state index contributed by atoms with van der Waals surface area (Å²) in [6.07, 6.45) is -3.66. The number of nitrogens with two attached hydrogens (primary N) is 1. The Bertz CT molecular complexity index is 616. The number of hydrogen-bond acceptors (Lipinski definition) is 8. The SMILES string of the molecule is NNC(=O)c1cc(=O)nc2n1[C@@H]1O[C@H](CO)[C@@H](O)[C@@H]1O2. The topological polar surface area (TPSA) is 149 Å². The smallest absolute Gasteiger partial charge is 0.303 e. The highest BCUT2D eigenvalue weighted by molar-refractivity contribution is 5.92. The molecular weight excluding hydrogens is 272 g/mol. The molecule has 3 rings (SSSR count). The van der Waals surface area contributed by atoms with E-state index in [4.69, 9.17) is 20.4 Å². The predicted molar refractivity (Wildman–Crippen MR) is 61.6 cm³/mol. The second kappa shape index (κ2) is 4.52. The summed E-state index contributed by atoms with van der Waals surface area (Å²) >= 11 is 0. The van der Waals surface area contributed by atoms with E-state index in [1.807, 2.05) is 5.43 Å². The van der Waals surface area contributed by atoms with E-state index in [9.17, 15) is 14.7 Å². The van der Waals surface area contributed by atoms with Gasteiger partial charge < -0.3 is 19.7 Å². The third-order valence-corrected chi connectivity index (χ3v) is 3.28. The van der Waals surface area contributed by atoms with Gasteiger partial charge in [-0.05, 0) is 0 Å². The summed E-state index contributed by atoms with van der Waals surface area (Å²) in [7, 11) is 0. The molecule has 1 saturated heterocycles. The Balaban J connectivity index is 2.09. The normalized spacial score (nSPS) is 30.6. The van der Waals surface area contributed by atoms with Crippen LogP contribution in [0.4, 0.5) is 0 Å². The van der Waals surface area contributed by atoms with Gasteiger partial charge in [-0.15, -0.1) is 0 Å². The van der Waals surface area contributed by atoms with Gasteiger partial charge in [0.1, 0.15) is 17.9 Å². The molecule has 2 aliphatic heterocycles. The Labute approximate surface area is 111 Å². The molecule has 0 radical (unpaired) electrons. The van der Waals surface area contributed by atoms with Crippen molar-refractivity contribution in [3.8, 4) is 6.01 Å². The fraction of sp³-hybridized carbons (Fsp3) is 0.500. The van der Waals surface area contributed by atoms with Crippen LogP contribution in [-0.2, 0) is 4.74 Å². The third-order valence-electron chi connectivity index (χ3n) is 3.28. The fourth-order valence-corrected chi connectivity index (χ4v) is 2.37. The summed E-state index contributed by atoms with van der Waals surface area (Å²) in [5.74, 6) is 4.34. The minimum absolute atomic E-state index is 0.0965. The molecule has 3 heterocycles. The first-order chi connectivity index (χ1) is 9.56. The number of hydrazine groups is 1. The van der Waals surface area contributed by atoms with Crippen LogP contribution in [0.1, 0.15) is 16.7 Å². The molecule has 0 bridgehead atoms. The molecule has 1 amide bonds. The highest BCUT2D eigenvalue weighted by atomic mass is 16.6. The first kappa shape index (κ1) is 13.0. The van der Waals surface area contributed by atoms with E-state index in [1.54, 1.807) is 0 Å². The van der Waals surface area contributed by atoms with Crippen LogP contribution >= 0.6 is 0 Å². The van der Waals surface area contributed by atoms with Crippen LogP contribution < -0.4 is 21.6 Å². The molecule has 10 nitrogen and oxygen atoms in total. The maximum atomic E-state index is 11.7. The summed E-state index contributed by atoms with van der Waals surface area (Å²) in [5, 5.41) is 19.0. The third kappa shape index (κ3) is 1.70. The molecule has 1 aromatic heterocycles. The van der Waals surface area contributed by atoms with Crippen LogP contribution in [0, 0.1) is 0 Å². The minimum Gasteiger partial charge on any atom is -0.453 e. The van der Waals surface area contributed by atoms with Crippen LogP contribution in [0.25, 0.3) is 0 Å². The van der Waals surface area contributed by atoms with Gasteiger partial charge in [0.05, 0.1) is 6.61 Å². The number of aliphatic hydroxyl groups is 2. The van der Waals surface area contributed by atoms with Crippen molar-refractivity contribution in [2.45, 2.75) is 24.5 Å². The quantitative estimate of drug-likeness (QED) is 0.253. The molecule has 2 aliphatic rings. The van der Waals surface area contributed by atoms with Crippen LogP contribution in [0.15, 0.2) is 10.9 Å². The van der Waals surface area contributed by atoms with Crippen molar-refractivity contribution >= 4 is 5.91 Å². The highest BCUT2D eigenvalue weighted by Crippen LogP contribution is 2.39. The van der Waals surface area contributed by atoms with Gasteiger partial charge in [-0.1, -0.05) is 0 Å². The lowest BCUT2D eigenvalue weighted by Gasteiger charge is -2.15.